The number of piperidine rings is 1. The Bertz CT molecular complexity index is 1380. The van der Waals surface area contributed by atoms with E-state index in [0.717, 1.165) is 61.7 Å². The first-order valence-electron chi connectivity index (χ1n) is 12.8. The van der Waals surface area contributed by atoms with Crippen LogP contribution in [0.5, 0.6) is 0 Å². The number of carbonyl (C=O) groups is 1. The van der Waals surface area contributed by atoms with Gasteiger partial charge in [-0.1, -0.05) is 35.7 Å². The molecular formula is C28H30N4O3S2. The Morgan fingerprint density at radius 3 is 2.57 bits per heavy atom. The van der Waals surface area contributed by atoms with Gasteiger partial charge in [-0.15, -0.1) is 0 Å². The number of benzene rings is 2. The molecule has 1 aromatic heterocycles. The van der Waals surface area contributed by atoms with E-state index in [1.807, 2.05) is 4.90 Å². The van der Waals surface area contributed by atoms with Gasteiger partial charge < -0.3 is 24.8 Å². The number of likely N-dealkylation sites (tertiary alicyclic amines) is 1. The van der Waals surface area contributed by atoms with Crippen molar-refractivity contribution in [1.82, 2.24) is 9.88 Å². The first kappa shape index (κ1) is 24.5. The lowest BCUT2D eigenvalue weighted by atomic mass is 10.0. The van der Waals surface area contributed by atoms with Crippen molar-refractivity contribution < 1.29 is 9.53 Å². The molecule has 2 aromatic carbocycles. The molecule has 37 heavy (non-hydrogen) atoms. The minimum Gasteiger partial charge on any atom is -0.382 e. The number of pyridine rings is 1. The van der Waals surface area contributed by atoms with Crippen LogP contribution in [-0.2, 0) is 9.53 Å². The van der Waals surface area contributed by atoms with Crippen LogP contribution < -0.4 is 15.8 Å². The van der Waals surface area contributed by atoms with Crippen LogP contribution in [0.2, 0.25) is 0 Å². The third-order valence-electron chi connectivity index (χ3n) is 7.16. The highest BCUT2D eigenvalue weighted by Gasteiger charge is 2.24. The van der Waals surface area contributed by atoms with Crippen molar-refractivity contribution in [1.29, 1.82) is 0 Å². The first-order valence-corrected chi connectivity index (χ1v) is 14.4. The summed E-state index contributed by atoms with van der Waals surface area (Å²) in [7, 11) is 0. The monoisotopic (exact) mass is 534 g/mol. The summed E-state index contributed by atoms with van der Waals surface area (Å²) in [4.78, 5) is 36.2. The fourth-order valence-corrected chi connectivity index (χ4v) is 7.57. The Morgan fingerprint density at radius 1 is 0.973 bits per heavy atom. The molecule has 0 aliphatic carbocycles. The van der Waals surface area contributed by atoms with Crippen LogP contribution in [0.15, 0.2) is 72.9 Å². The number of amides is 1. The SMILES string of the molecule is CC(=O)N1CCC(Nc2ccc3c(c2)Sc2cccc(-c4cc(N5CCOCC5)cc(=O)[nH]4)c2S3)CC1. The minimum atomic E-state index is -0.0877. The second-order valence-electron chi connectivity index (χ2n) is 9.64. The molecule has 0 saturated carbocycles. The summed E-state index contributed by atoms with van der Waals surface area (Å²) in [6.07, 6.45) is 1.93. The van der Waals surface area contributed by atoms with Crippen LogP contribution in [0, 0.1) is 0 Å². The van der Waals surface area contributed by atoms with Crippen molar-refractivity contribution in [3.8, 4) is 11.3 Å². The molecule has 2 fully saturated rings. The van der Waals surface area contributed by atoms with E-state index < -0.39 is 0 Å². The summed E-state index contributed by atoms with van der Waals surface area (Å²) in [6.45, 7) is 6.22. The van der Waals surface area contributed by atoms with Gasteiger partial charge in [0.25, 0.3) is 0 Å². The van der Waals surface area contributed by atoms with E-state index in [1.54, 1.807) is 36.5 Å². The van der Waals surface area contributed by atoms with E-state index in [4.69, 9.17) is 4.74 Å². The summed E-state index contributed by atoms with van der Waals surface area (Å²) in [6, 6.07) is 17.0. The standard InChI is InChI=1S/C28H30N4O3S2/c1-18(33)31-9-7-19(8-10-31)29-20-5-6-24-26(15-20)36-25-4-2-3-22(28(25)37-24)23-16-21(17-27(34)30-23)32-11-13-35-14-12-32/h2-6,15-17,19,29H,7-14H2,1H3,(H,30,34). The number of ether oxygens (including phenoxy) is 1. The minimum absolute atomic E-state index is 0.0877. The number of fused-ring (bicyclic) bond motifs is 2. The number of nitrogens with one attached hydrogen (secondary N) is 2. The van der Waals surface area contributed by atoms with Crippen LogP contribution in [-0.4, -0.2) is 61.2 Å². The highest BCUT2D eigenvalue weighted by molar-refractivity contribution is 8.05. The van der Waals surface area contributed by atoms with Crippen molar-refractivity contribution in [3.63, 3.8) is 0 Å². The van der Waals surface area contributed by atoms with E-state index in [-0.39, 0.29) is 11.5 Å². The highest BCUT2D eigenvalue weighted by atomic mass is 32.2. The van der Waals surface area contributed by atoms with Crippen molar-refractivity contribution in [2.24, 2.45) is 0 Å². The second kappa shape index (κ2) is 10.5. The predicted octanol–water partition coefficient (Wildman–Crippen LogP) is 4.92. The van der Waals surface area contributed by atoms with Gasteiger partial charge in [0.05, 0.1) is 18.9 Å². The lowest BCUT2D eigenvalue weighted by molar-refractivity contribution is -0.129. The number of hydrogen-bond donors (Lipinski definition) is 2. The molecular weight excluding hydrogens is 504 g/mol. The van der Waals surface area contributed by atoms with Gasteiger partial charge in [-0.05, 0) is 43.2 Å². The normalized spacial score (nSPS) is 17.8. The zero-order valence-corrected chi connectivity index (χ0v) is 22.4. The number of aromatic amines is 1. The molecule has 3 aliphatic rings. The second-order valence-corrected chi connectivity index (χ2v) is 11.8. The topological polar surface area (TPSA) is 77.7 Å². The fraction of sp³-hybridized carbons (Fsp3) is 0.357. The van der Waals surface area contributed by atoms with Crippen LogP contribution in [0.25, 0.3) is 11.3 Å². The molecule has 192 valence electrons. The Balaban J connectivity index is 1.23. The van der Waals surface area contributed by atoms with Crippen LogP contribution >= 0.6 is 23.5 Å². The quantitative estimate of drug-likeness (QED) is 0.385. The lowest BCUT2D eigenvalue weighted by Gasteiger charge is -2.32. The van der Waals surface area contributed by atoms with Crippen LogP contribution in [0.4, 0.5) is 11.4 Å². The molecule has 0 radical (unpaired) electrons. The Labute approximate surface area is 225 Å². The summed E-state index contributed by atoms with van der Waals surface area (Å²) < 4.78 is 5.49. The smallest absolute Gasteiger partial charge is 0.250 e. The maximum Gasteiger partial charge on any atom is 0.250 e. The van der Waals surface area contributed by atoms with Gasteiger partial charge in [-0.3, -0.25) is 9.59 Å². The molecule has 6 rings (SSSR count). The summed E-state index contributed by atoms with van der Waals surface area (Å²) in [5.74, 6) is 0.163. The zero-order valence-electron chi connectivity index (χ0n) is 20.8. The third kappa shape index (κ3) is 5.26. The van der Waals surface area contributed by atoms with Gasteiger partial charge in [0.2, 0.25) is 11.5 Å². The Hall–Kier alpha value is -2.88. The van der Waals surface area contributed by atoms with Crippen molar-refractivity contribution >= 4 is 40.8 Å². The predicted molar refractivity (Wildman–Crippen MR) is 149 cm³/mol. The van der Waals surface area contributed by atoms with E-state index in [1.165, 1.54) is 19.6 Å². The molecule has 2 saturated heterocycles. The molecule has 1 amide bonds. The number of anilines is 2. The number of carbonyl (C=O) groups excluding carboxylic acids is 1. The van der Waals surface area contributed by atoms with E-state index in [0.29, 0.717) is 19.3 Å². The van der Waals surface area contributed by atoms with E-state index in [9.17, 15) is 9.59 Å². The molecule has 0 spiro atoms. The van der Waals surface area contributed by atoms with Gasteiger partial charge >= 0.3 is 0 Å². The molecule has 3 aliphatic heterocycles. The number of aromatic nitrogens is 1. The van der Waals surface area contributed by atoms with Crippen molar-refractivity contribution in [2.75, 3.05) is 49.6 Å². The van der Waals surface area contributed by atoms with Crippen molar-refractivity contribution in [2.45, 2.75) is 45.4 Å². The maximum atomic E-state index is 12.6. The molecule has 0 atom stereocenters. The van der Waals surface area contributed by atoms with Crippen molar-refractivity contribution in [3.05, 3.63) is 58.9 Å². The fourth-order valence-electron chi connectivity index (χ4n) is 5.16. The molecule has 2 N–H and O–H groups in total. The summed E-state index contributed by atoms with van der Waals surface area (Å²) in [5.41, 5.74) is 3.87. The number of nitrogens with zero attached hydrogens (tertiary/aromatic N) is 2. The summed E-state index contributed by atoms with van der Waals surface area (Å²) in [5, 5.41) is 3.68. The largest absolute Gasteiger partial charge is 0.382 e. The molecule has 3 aromatic rings. The maximum absolute atomic E-state index is 12.6. The number of morpholine rings is 1. The Kier molecular flexibility index (Phi) is 6.92. The van der Waals surface area contributed by atoms with Gasteiger partial charge in [-0.2, -0.15) is 0 Å². The molecule has 0 unspecified atom stereocenters. The average molecular weight is 535 g/mol. The zero-order chi connectivity index (χ0) is 25.4. The van der Waals surface area contributed by atoms with Crippen LogP contribution in [0.3, 0.4) is 0 Å². The van der Waals surface area contributed by atoms with Gasteiger partial charge in [0.1, 0.15) is 0 Å². The van der Waals surface area contributed by atoms with Crippen LogP contribution in [0.1, 0.15) is 19.8 Å². The van der Waals surface area contributed by atoms with Gasteiger partial charge in [0, 0.05) is 81.7 Å². The van der Waals surface area contributed by atoms with Gasteiger partial charge in [0.15, 0.2) is 0 Å². The highest BCUT2D eigenvalue weighted by Crippen LogP contribution is 2.52. The lowest BCUT2D eigenvalue weighted by Crippen LogP contribution is -2.41. The van der Waals surface area contributed by atoms with E-state index in [2.05, 4.69) is 57.7 Å². The number of H-pyrrole nitrogens is 1. The third-order valence-corrected chi connectivity index (χ3v) is 9.76. The molecule has 4 heterocycles. The average Bonchev–Trinajstić information content (AvgIpc) is 2.92. The number of rotatable bonds is 4. The Morgan fingerprint density at radius 2 is 1.78 bits per heavy atom. The molecule has 9 heteroatoms. The number of hydrogen-bond acceptors (Lipinski definition) is 7. The molecule has 7 nitrogen and oxygen atoms in total. The summed E-state index contributed by atoms with van der Waals surface area (Å²) >= 11 is 3.54. The van der Waals surface area contributed by atoms with E-state index >= 15 is 0 Å². The first-order chi connectivity index (χ1) is 18.0. The van der Waals surface area contributed by atoms with Gasteiger partial charge in [-0.25, -0.2) is 0 Å². The molecule has 0 bridgehead atoms.